The van der Waals surface area contributed by atoms with Gasteiger partial charge >= 0.3 is 6.36 Å². The summed E-state index contributed by atoms with van der Waals surface area (Å²) in [7, 11) is 0. The lowest BCUT2D eigenvalue weighted by Gasteiger charge is -2.33. The summed E-state index contributed by atoms with van der Waals surface area (Å²) in [5.41, 5.74) is 0.384. The first kappa shape index (κ1) is 20.7. The molecule has 0 saturated carbocycles. The number of hydrogen-bond donors (Lipinski definition) is 0. The van der Waals surface area contributed by atoms with E-state index in [0.29, 0.717) is 18.0 Å². The van der Waals surface area contributed by atoms with Crippen molar-refractivity contribution in [2.75, 3.05) is 19.6 Å². The molecule has 1 heterocycles. The maximum atomic E-state index is 14.1. The predicted octanol–water partition coefficient (Wildman–Crippen LogP) is 4.76. The number of likely N-dealkylation sites (tertiary alicyclic amines) is 1. The molecule has 146 valence electrons. The minimum absolute atomic E-state index is 0.0486. The van der Waals surface area contributed by atoms with Crippen LogP contribution >= 0.6 is 0 Å². The number of carbonyl (C=O) groups is 1. The molecule has 1 aromatic rings. The lowest BCUT2D eigenvalue weighted by atomic mass is 9.87. The summed E-state index contributed by atoms with van der Waals surface area (Å²) in [6, 6.07) is 3.28. The molecular formula is C19H25F4NO2. The normalized spacial score (nSPS) is 18.2. The highest BCUT2D eigenvalue weighted by atomic mass is 19.4. The van der Waals surface area contributed by atoms with Gasteiger partial charge in [0.15, 0.2) is 11.6 Å². The maximum absolute atomic E-state index is 14.1. The summed E-state index contributed by atoms with van der Waals surface area (Å²) in [6.07, 6.45) is -2.88. The van der Waals surface area contributed by atoms with Gasteiger partial charge in [-0.25, -0.2) is 4.39 Å². The molecule has 0 aliphatic carbocycles. The minimum atomic E-state index is -4.96. The van der Waals surface area contributed by atoms with E-state index in [2.05, 4.69) is 16.6 Å². The molecule has 7 heteroatoms. The van der Waals surface area contributed by atoms with Crippen molar-refractivity contribution in [3.05, 3.63) is 29.6 Å². The van der Waals surface area contributed by atoms with Gasteiger partial charge in [0.05, 0.1) is 5.92 Å². The highest BCUT2D eigenvalue weighted by molar-refractivity contribution is 5.87. The number of ketones is 1. The first-order chi connectivity index (χ1) is 12.1. The molecule has 26 heavy (non-hydrogen) atoms. The van der Waals surface area contributed by atoms with Gasteiger partial charge in [-0.2, -0.15) is 0 Å². The fourth-order valence-electron chi connectivity index (χ4n) is 3.21. The van der Waals surface area contributed by atoms with E-state index in [1.165, 1.54) is 6.07 Å². The van der Waals surface area contributed by atoms with Crippen LogP contribution in [0, 0.1) is 17.7 Å². The number of piperidine rings is 1. The van der Waals surface area contributed by atoms with Crippen molar-refractivity contribution in [3.8, 4) is 5.75 Å². The zero-order valence-electron chi connectivity index (χ0n) is 15.3. The highest BCUT2D eigenvalue weighted by Gasteiger charge is 2.33. The van der Waals surface area contributed by atoms with Gasteiger partial charge in [0, 0.05) is 12.5 Å². The molecule has 0 bridgehead atoms. The Hall–Kier alpha value is -1.63. The van der Waals surface area contributed by atoms with Crippen LogP contribution < -0.4 is 4.74 Å². The van der Waals surface area contributed by atoms with Crippen LogP contribution in [0.1, 0.15) is 45.1 Å². The Bertz CT molecular complexity index is 622. The molecule has 0 amide bonds. The van der Waals surface area contributed by atoms with E-state index in [-0.39, 0.29) is 11.7 Å². The van der Waals surface area contributed by atoms with Crippen molar-refractivity contribution in [3.63, 3.8) is 0 Å². The van der Waals surface area contributed by atoms with E-state index in [9.17, 15) is 22.4 Å². The van der Waals surface area contributed by atoms with E-state index >= 15 is 0 Å². The summed E-state index contributed by atoms with van der Waals surface area (Å²) in [5.74, 6) is -2.23. The van der Waals surface area contributed by atoms with Crippen LogP contribution in [0.25, 0.3) is 0 Å². The highest BCUT2D eigenvalue weighted by Crippen LogP contribution is 2.30. The Morgan fingerprint density at radius 2 is 1.88 bits per heavy atom. The number of carbonyl (C=O) groups excluding carboxylic acids is 1. The zero-order valence-corrected chi connectivity index (χ0v) is 15.3. The monoisotopic (exact) mass is 375 g/mol. The number of alkyl halides is 3. The standard InChI is InChI=1S/C19H25F4NO2/c1-12(2)18(25)15(11-24-8-6-13(3)7-9-24)14-4-5-17(16(20)10-14)26-19(21,22)23/h4-5,10,12-13,15H,6-9,11H2,1-3H3/t15-/m1/s1. The third kappa shape index (κ3) is 5.69. The van der Waals surface area contributed by atoms with Crippen LogP contribution in [0.3, 0.4) is 0 Å². The zero-order chi connectivity index (χ0) is 19.5. The molecule has 0 spiro atoms. The average Bonchev–Trinajstić information content (AvgIpc) is 2.54. The van der Waals surface area contributed by atoms with Crippen molar-refractivity contribution in [1.29, 1.82) is 0 Å². The molecule has 0 aromatic heterocycles. The van der Waals surface area contributed by atoms with Gasteiger partial charge in [0.25, 0.3) is 0 Å². The second kappa shape index (κ2) is 8.37. The van der Waals surface area contributed by atoms with Gasteiger partial charge in [0.1, 0.15) is 5.78 Å². The molecule has 0 N–H and O–H groups in total. The number of benzene rings is 1. The number of Topliss-reactive ketones (excluding diaryl/α,β-unsaturated/α-hetero) is 1. The Labute approximate surface area is 151 Å². The van der Waals surface area contributed by atoms with E-state index in [1.54, 1.807) is 13.8 Å². The molecule has 1 fully saturated rings. The Morgan fingerprint density at radius 3 is 2.38 bits per heavy atom. The fraction of sp³-hybridized carbons (Fsp3) is 0.632. The van der Waals surface area contributed by atoms with Crippen LogP contribution in [-0.2, 0) is 4.79 Å². The van der Waals surface area contributed by atoms with Gasteiger partial charge in [-0.05, 0) is 49.5 Å². The number of ether oxygens (including phenoxy) is 1. The molecule has 3 nitrogen and oxygen atoms in total. The maximum Gasteiger partial charge on any atom is 0.573 e. The summed E-state index contributed by atoms with van der Waals surface area (Å²) < 4.78 is 54.7. The van der Waals surface area contributed by atoms with Crippen molar-refractivity contribution >= 4 is 5.78 Å². The topological polar surface area (TPSA) is 29.5 Å². The first-order valence-electron chi connectivity index (χ1n) is 8.88. The van der Waals surface area contributed by atoms with Crippen LogP contribution in [0.4, 0.5) is 17.6 Å². The molecule has 0 radical (unpaired) electrons. The molecule has 1 atom stereocenters. The third-order valence-electron chi connectivity index (χ3n) is 4.81. The smallest absolute Gasteiger partial charge is 0.403 e. The van der Waals surface area contributed by atoms with Gasteiger partial charge in [0.2, 0.25) is 0 Å². The van der Waals surface area contributed by atoms with Gasteiger partial charge in [-0.1, -0.05) is 26.8 Å². The first-order valence-corrected chi connectivity index (χ1v) is 8.88. The fourth-order valence-corrected chi connectivity index (χ4v) is 3.21. The molecule has 2 rings (SSSR count). The average molecular weight is 375 g/mol. The largest absolute Gasteiger partial charge is 0.573 e. The summed E-state index contributed by atoms with van der Waals surface area (Å²) in [4.78, 5) is 14.8. The summed E-state index contributed by atoms with van der Waals surface area (Å²) >= 11 is 0. The van der Waals surface area contributed by atoms with Crippen molar-refractivity contribution in [2.45, 2.75) is 45.9 Å². The third-order valence-corrected chi connectivity index (χ3v) is 4.81. The van der Waals surface area contributed by atoms with E-state index in [0.717, 1.165) is 38.1 Å². The minimum Gasteiger partial charge on any atom is -0.403 e. The summed E-state index contributed by atoms with van der Waals surface area (Å²) in [6.45, 7) is 7.89. The van der Waals surface area contributed by atoms with Gasteiger partial charge in [-0.15, -0.1) is 13.2 Å². The van der Waals surface area contributed by atoms with Crippen LogP contribution in [0.15, 0.2) is 18.2 Å². The van der Waals surface area contributed by atoms with Crippen molar-refractivity contribution in [1.82, 2.24) is 4.90 Å². The van der Waals surface area contributed by atoms with Crippen LogP contribution in [0.2, 0.25) is 0 Å². The van der Waals surface area contributed by atoms with Crippen LogP contribution in [-0.4, -0.2) is 36.7 Å². The summed E-state index contributed by atoms with van der Waals surface area (Å²) in [5, 5.41) is 0. The van der Waals surface area contributed by atoms with E-state index < -0.39 is 23.8 Å². The lowest BCUT2D eigenvalue weighted by molar-refractivity contribution is -0.275. The van der Waals surface area contributed by atoms with E-state index in [4.69, 9.17) is 0 Å². The van der Waals surface area contributed by atoms with Crippen molar-refractivity contribution < 1.29 is 27.1 Å². The van der Waals surface area contributed by atoms with Gasteiger partial charge in [-0.3, -0.25) is 4.79 Å². The molecular weight excluding hydrogens is 350 g/mol. The van der Waals surface area contributed by atoms with Gasteiger partial charge < -0.3 is 9.64 Å². The quantitative estimate of drug-likeness (QED) is 0.671. The number of nitrogens with zero attached hydrogens (tertiary/aromatic N) is 1. The Balaban J connectivity index is 2.22. The molecule has 1 aromatic carbocycles. The lowest BCUT2D eigenvalue weighted by Crippen LogP contribution is -2.38. The molecule has 1 aliphatic rings. The number of rotatable bonds is 6. The number of halogens is 4. The van der Waals surface area contributed by atoms with Crippen LogP contribution in [0.5, 0.6) is 5.75 Å². The van der Waals surface area contributed by atoms with E-state index in [1.807, 2.05) is 0 Å². The number of hydrogen-bond acceptors (Lipinski definition) is 3. The second-order valence-electron chi connectivity index (χ2n) is 7.33. The second-order valence-corrected chi connectivity index (χ2v) is 7.33. The Kier molecular flexibility index (Phi) is 6.66. The molecule has 1 aliphatic heterocycles. The SMILES string of the molecule is CC1CCN(C[C@@H](C(=O)C(C)C)c2ccc(OC(F)(F)F)c(F)c2)CC1. The predicted molar refractivity (Wildman–Crippen MR) is 90.5 cm³/mol. The Morgan fingerprint density at radius 1 is 1.27 bits per heavy atom. The van der Waals surface area contributed by atoms with Crippen molar-refractivity contribution in [2.24, 2.45) is 11.8 Å². The molecule has 1 saturated heterocycles. The molecule has 0 unspecified atom stereocenters.